The molecule has 4 nitrogen and oxygen atoms in total. The highest BCUT2D eigenvalue weighted by Gasteiger charge is 2.05. The molecule has 0 spiro atoms. The van der Waals surface area contributed by atoms with Gasteiger partial charge in [-0.1, -0.05) is 13.8 Å². The van der Waals surface area contributed by atoms with Gasteiger partial charge in [0.25, 0.3) is 0 Å². The Hall–Kier alpha value is -0.840. The lowest BCUT2D eigenvalue weighted by atomic mass is 10.2. The van der Waals surface area contributed by atoms with Crippen LogP contribution in [0.15, 0.2) is 16.7 Å². The molecular weight excluding hydrogens is 204 g/mol. The van der Waals surface area contributed by atoms with E-state index in [2.05, 4.69) is 18.7 Å². The van der Waals surface area contributed by atoms with Crippen LogP contribution in [0.3, 0.4) is 0 Å². The van der Waals surface area contributed by atoms with Crippen molar-refractivity contribution in [3.05, 3.63) is 23.7 Å². The number of nitrogens with two attached hydrogens (primary N) is 1. The Balaban J connectivity index is 2.20. The SMILES string of the molecule is CCN(CC)CCOCc1occc1CN. The van der Waals surface area contributed by atoms with E-state index < -0.39 is 0 Å². The fourth-order valence-corrected chi connectivity index (χ4v) is 1.57. The van der Waals surface area contributed by atoms with Crippen molar-refractivity contribution in [2.75, 3.05) is 26.2 Å². The van der Waals surface area contributed by atoms with Gasteiger partial charge in [-0.05, 0) is 19.2 Å². The molecule has 0 aliphatic rings. The van der Waals surface area contributed by atoms with Crippen molar-refractivity contribution in [3.8, 4) is 0 Å². The molecule has 1 aromatic heterocycles. The molecular formula is C12H22N2O2. The van der Waals surface area contributed by atoms with Crippen LogP contribution in [0.2, 0.25) is 0 Å². The first-order valence-corrected chi connectivity index (χ1v) is 5.87. The van der Waals surface area contributed by atoms with Crippen LogP contribution in [-0.2, 0) is 17.9 Å². The molecule has 2 N–H and O–H groups in total. The molecule has 0 saturated carbocycles. The summed E-state index contributed by atoms with van der Waals surface area (Å²) in [5.41, 5.74) is 6.60. The lowest BCUT2D eigenvalue weighted by Crippen LogP contribution is -2.27. The van der Waals surface area contributed by atoms with E-state index >= 15 is 0 Å². The molecule has 1 rings (SSSR count). The van der Waals surface area contributed by atoms with Crippen molar-refractivity contribution in [2.24, 2.45) is 5.73 Å². The van der Waals surface area contributed by atoms with Crippen LogP contribution in [0.4, 0.5) is 0 Å². The van der Waals surface area contributed by atoms with Crippen LogP contribution in [0.5, 0.6) is 0 Å². The molecule has 92 valence electrons. The van der Waals surface area contributed by atoms with E-state index in [9.17, 15) is 0 Å². The van der Waals surface area contributed by atoms with Crippen molar-refractivity contribution in [1.82, 2.24) is 4.90 Å². The van der Waals surface area contributed by atoms with Gasteiger partial charge in [-0.2, -0.15) is 0 Å². The third-order valence-corrected chi connectivity index (χ3v) is 2.74. The van der Waals surface area contributed by atoms with Gasteiger partial charge in [-0.25, -0.2) is 0 Å². The van der Waals surface area contributed by atoms with Gasteiger partial charge in [-0.3, -0.25) is 0 Å². The zero-order valence-corrected chi connectivity index (χ0v) is 10.2. The van der Waals surface area contributed by atoms with Gasteiger partial charge in [0.05, 0.1) is 12.9 Å². The highest BCUT2D eigenvalue weighted by molar-refractivity contribution is 5.15. The molecule has 0 amide bonds. The van der Waals surface area contributed by atoms with Crippen LogP contribution in [0.1, 0.15) is 25.2 Å². The van der Waals surface area contributed by atoms with Crippen molar-refractivity contribution in [3.63, 3.8) is 0 Å². The molecule has 0 aromatic carbocycles. The first-order chi connectivity index (χ1) is 7.81. The number of ether oxygens (including phenoxy) is 1. The van der Waals surface area contributed by atoms with Gasteiger partial charge >= 0.3 is 0 Å². The number of rotatable bonds is 8. The summed E-state index contributed by atoms with van der Waals surface area (Å²) in [6, 6.07) is 1.89. The van der Waals surface area contributed by atoms with Gasteiger partial charge in [0.1, 0.15) is 12.4 Å². The quantitative estimate of drug-likeness (QED) is 0.684. The van der Waals surface area contributed by atoms with E-state index in [-0.39, 0.29) is 0 Å². The van der Waals surface area contributed by atoms with Crippen LogP contribution in [-0.4, -0.2) is 31.1 Å². The van der Waals surface area contributed by atoms with Crippen molar-refractivity contribution < 1.29 is 9.15 Å². The minimum absolute atomic E-state index is 0.505. The molecule has 0 aliphatic heterocycles. The van der Waals surface area contributed by atoms with E-state index in [0.717, 1.165) is 37.6 Å². The lowest BCUT2D eigenvalue weighted by Gasteiger charge is -2.17. The Labute approximate surface area is 97.4 Å². The summed E-state index contributed by atoms with van der Waals surface area (Å²) in [5, 5.41) is 0. The van der Waals surface area contributed by atoms with Crippen molar-refractivity contribution in [1.29, 1.82) is 0 Å². The second-order valence-corrected chi connectivity index (χ2v) is 3.65. The first-order valence-electron chi connectivity index (χ1n) is 5.87. The topological polar surface area (TPSA) is 51.6 Å². The van der Waals surface area contributed by atoms with Crippen LogP contribution < -0.4 is 5.73 Å². The van der Waals surface area contributed by atoms with E-state index in [1.807, 2.05) is 6.07 Å². The number of likely N-dealkylation sites (N-methyl/N-ethyl adjacent to an activating group) is 1. The highest BCUT2D eigenvalue weighted by atomic mass is 16.5. The zero-order chi connectivity index (χ0) is 11.8. The highest BCUT2D eigenvalue weighted by Crippen LogP contribution is 2.10. The molecule has 0 atom stereocenters. The summed E-state index contributed by atoms with van der Waals surface area (Å²) >= 11 is 0. The lowest BCUT2D eigenvalue weighted by molar-refractivity contribution is 0.0838. The average Bonchev–Trinajstić information content (AvgIpc) is 2.77. The van der Waals surface area contributed by atoms with E-state index in [1.54, 1.807) is 6.26 Å². The molecule has 0 unspecified atom stereocenters. The normalized spacial score (nSPS) is 11.2. The van der Waals surface area contributed by atoms with Crippen molar-refractivity contribution >= 4 is 0 Å². The Kier molecular flexibility index (Phi) is 6.15. The number of hydrogen-bond acceptors (Lipinski definition) is 4. The average molecular weight is 226 g/mol. The fourth-order valence-electron chi connectivity index (χ4n) is 1.57. The van der Waals surface area contributed by atoms with Gasteiger partial charge in [0.2, 0.25) is 0 Å². The Bertz CT molecular complexity index is 282. The maximum atomic E-state index is 5.57. The molecule has 16 heavy (non-hydrogen) atoms. The van der Waals surface area contributed by atoms with Gasteiger partial charge in [0, 0.05) is 18.7 Å². The summed E-state index contributed by atoms with van der Waals surface area (Å²) < 4.78 is 10.9. The predicted molar refractivity (Wildman–Crippen MR) is 64.0 cm³/mol. The fraction of sp³-hybridized carbons (Fsp3) is 0.667. The maximum Gasteiger partial charge on any atom is 0.133 e. The summed E-state index contributed by atoms with van der Waals surface area (Å²) in [6.45, 7) is 9.15. The van der Waals surface area contributed by atoms with Gasteiger partial charge < -0.3 is 19.8 Å². The Morgan fingerprint density at radius 3 is 2.75 bits per heavy atom. The molecule has 1 heterocycles. The molecule has 1 aromatic rings. The molecule has 4 heteroatoms. The molecule has 0 bridgehead atoms. The van der Waals surface area contributed by atoms with Gasteiger partial charge in [-0.15, -0.1) is 0 Å². The van der Waals surface area contributed by atoms with E-state index in [1.165, 1.54) is 0 Å². The van der Waals surface area contributed by atoms with E-state index in [4.69, 9.17) is 14.9 Å². The summed E-state index contributed by atoms with van der Waals surface area (Å²) in [6.07, 6.45) is 1.66. The Morgan fingerprint density at radius 2 is 2.12 bits per heavy atom. The summed E-state index contributed by atoms with van der Waals surface area (Å²) in [5.74, 6) is 0.849. The second kappa shape index (κ2) is 7.44. The monoisotopic (exact) mass is 226 g/mol. The molecule has 0 aliphatic carbocycles. The number of nitrogens with zero attached hydrogens (tertiary/aromatic N) is 1. The molecule has 0 fully saturated rings. The number of hydrogen-bond donors (Lipinski definition) is 1. The Morgan fingerprint density at radius 1 is 1.38 bits per heavy atom. The molecule has 0 radical (unpaired) electrons. The van der Waals surface area contributed by atoms with Crippen LogP contribution in [0.25, 0.3) is 0 Å². The standard InChI is InChI=1S/C12H22N2O2/c1-3-14(4-2)6-8-15-10-12-11(9-13)5-7-16-12/h5,7H,3-4,6,8-10,13H2,1-2H3. The van der Waals surface area contributed by atoms with Crippen LogP contribution >= 0.6 is 0 Å². The van der Waals surface area contributed by atoms with E-state index in [0.29, 0.717) is 13.2 Å². The third kappa shape index (κ3) is 3.96. The third-order valence-electron chi connectivity index (χ3n) is 2.74. The van der Waals surface area contributed by atoms with Crippen LogP contribution in [0, 0.1) is 0 Å². The smallest absolute Gasteiger partial charge is 0.133 e. The maximum absolute atomic E-state index is 5.57. The minimum Gasteiger partial charge on any atom is -0.467 e. The minimum atomic E-state index is 0.505. The summed E-state index contributed by atoms with van der Waals surface area (Å²) in [7, 11) is 0. The number of furan rings is 1. The van der Waals surface area contributed by atoms with Gasteiger partial charge in [0.15, 0.2) is 0 Å². The largest absolute Gasteiger partial charge is 0.467 e. The second-order valence-electron chi connectivity index (χ2n) is 3.65. The molecule has 0 saturated heterocycles. The summed E-state index contributed by atoms with van der Waals surface area (Å²) in [4.78, 5) is 2.33. The van der Waals surface area contributed by atoms with Crippen molar-refractivity contribution in [2.45, 2.75) is 27.0 Å². The first kappa shape index (κ1) is 13.2. The zero-order valence-electron chi connectivity index (χ0n) is 10.2. The predicted octanol–water partition coefficient (Wildman–Crippen LogP) is 1.60.